The maximum Gasteiger partial charge on any atom is 0.269 e. The van der Waals surface area contributed by atoms with E-state index in [-0.39, 0.29) is 11.6 Å². The summed E-state index contributed by atoms with van der Waals surface area (Å²) in [5.41, 5.74) is 3.39. The predicted molar refractivity (Wildman–Crippen MR) is 86.3 cm³/mol. The van der Waals surface area contributed by atoms with E-state index in [0.29, 0.717) is 12.1 Å². The van der Waals surface area contributed by atoms with Gasteiger partial charge >= 0.3 is 0 Å². The standard InChI is InChI=1S/C16H20N4O3/c1-5-19-12(3)15(11(2)17-19)10-18(4)16(21)13-6-8-14(9-7-13)20(22)23/h6-9H,5,10H2,1-4H3. The molecule has 1 aromatic carbocycles. The van der Waals surface area contributed by atoms with E-state index in [0.717, 1.165) is 23.5 Å². The zero-order valence-corrected chi connectivity index (χ0v) is 13.7. The van der Waals surface area contributed by atoms with Gasteiger partial charge in [0.15, 0.2) is 0 Å². The highest BCUT2D eigenvalue weighted by Gasteiger charge is 2.18. The third kappa shape index (κ3) is 3.39. The van der Waals surface area contributed by atoms with Crippen LogP contribution in [0.25, 0.3) is 0 Å². The van der Waals surface area contributed by atoms with E-state index in [2.05, 4.69) is 5.10 Å². The fraction of sp³-hybridized carbons (Fsp3) is 0.375. The van der Waals surface area contributed by atoms with Crippen LogP contribution in [0, 0.1) is 24.0 Å². The molecule has 7 heteroatoms. The lowest BCUT2D eigenvalue weighted by Gasteiger charge is -2.17. The number of nitrogens with zero attached hydrogens (tertiary/aromatic N) is 4. The van der Waals surface area contributed by atoms with Crippen molar-refractivity contribution in [2.24, 2.45) is 0 Å². The van der Waals surface area contributed by atoms with Gasteiger partial charge in [-0.05, 0) is 32.9 Å². The molecule has 0 aliphatic rings. The highest BCUT2D eigenvalue weighted by molar-refractivity contribution is 5.94. The van der Waals surface area contributed by atoms with Crippen molar-refractivity contribution < 1.29 is 9.72 Å². The summed E-state index contributed by atoms with van der Waals surface area (Å²) in [5, 5.41) is 15.1. The number of carbonyl (C=O) groups excluding carboxylic acids is 1. The number of hydrogen-bond donors (Lipinski definition) is 0. The molecular formula is C16H20N4O3. The number of aromatic nitrogens is 2. The fourth-order valence-electron chi connectivity index (χ4n) is 2.53. The highest BCUT2D eigenvalue weighted by atomic mass is 16.6. The quantitative estimate of drug-likeness (QED) is 0.627. The Balaban J connectivity index is 2.17. The largest absolute Gasteiger partial charge is 0.337 e. The summed E-state index contributed by atoms with van der Waals surface area (Å²) >= 11 is 0. The summed E-state index contributed by atoms with van der Waals surface area (Å²) in [6.07, 6.45) is 0. The van der Waals surface area contributed by atoms with Crippen LogP contribution >= 0.6 is 0 Å². The monoisotopic (exact) mass is 316 g/mol. The van der Waals surface area contributed by atoms with Crippen molar-refractivity contribution in [1.29, 1.82) is 0 Å². The Labute approximate surface area is 134 Å². The molecule has 23 heavy (non-hydrogen) atoms. The van der Waals surface area contributed by atoms with E-state index in [1.54, 1.807) is 11.9 Å². The molecule has 0 unspecified atom stereocenters. The van der Waals surface area contributed by atoms with Crippen LogP contribution in [0.2, 0.25) is 0 Å². The molecule has 122 valence electrons. The first-order chi connectivity index (χ1) is 10.8. The average Bonchev–Trinajstić information content (AvgIpc) is 2.81. The molecule has 1 aromatic heterocycles. The number of nitro benzene ring substituents is 1. The maximum atomic E-state index is 12.5. The molecule has 0 N–H and O–H groups in total. The highest BCUT2D eigenvalue weighted by Crippen LogP contribution is 2.18. The first kappa shape index (κ1) is 16.7. The molecule has 0 atom stereocenters. The first-order valence-electron chi connectivity index (χ1n) is 7.38. The molecule has 1 amide bonds. The predicted octanol–water partition coefficient (Wildman–Crippen LogP) is 2.70. The van der Waals surface area contributed by atoms with E-state index in [4.69, 9.17) is 0 Å². The number of carbonyl (C=O) groups is 1. The third-order valence-corrected chi connectivity index (χ3v) is 3.90. The summed E-state index contributed by atoms with van der Waals surface area (Å²) in [5.74, 6) is -0.178. The Morgan fingerprint density at radius 1 is 1.30 bits per heavy atom. The Hall–Kier alpha value is -2.70. The number of nitro groups is 1. The summed E-state index contributed by atoms with van der Waals surface area (Å²) < 4.78 is 1.91. The van der Waals surface area contributed by atoms with E-state index in [9.17, 15) is 14.9 Å². The van der Waals surface area contributed by atoms with Gasteiger partial charge in [-0.25, -0.2) is 0 Å². The SMILES string of the molecule is CCn1nc(C)c(CN(C)C(=O)c2ccc([N+](=O)[O-])cc2)c1C. The Morgan fingerprint density at radius 3 is 2.39 bits per heavy atom. The summed E-state index contributed by atoms with van der Waals surface area (Å²) in [6, 6.07) is 5.64. The Bertz CT molecular complexity index is 735. The van der Waals surface area contributed by atoms with Crippen LogP contribution in [0.3, 0.4) is 0 Å². The zero-order valence-electron chi connectivity index (χ0n) is 13.7. The summed E-state index contributed by atoms with van der Waals surface area (Å²) in [7, 11) is 1.71. The molecule has 0 bridgehead atoms. The van der Waals surface area contributed by atoms with Crippen molar-refractivity contribution in [3.05, 3.63) is 56.9 Å². The van der Waals surface area contributed by atoms with Crippen molar-refractivity contribution in [2.45, 2.75) is 33.9 Å². The molecular weight excluding hydrogens is 296 g/mol. The molecule has 0 saturated carbocycles. The minimum Gasteiger partial charge on any atom is -0.337 e. The number of benzene rings is 1. The minimum atomic E-state index is -0.482. The molecule has 1 heterocycles. The minimum absolute atomic E-state index is 0.0277. The average molecular weight is 316 g/mol. The van der Waals surface area contributed by atoms with Crippen molar-refractivity contribution in [3.8, 4) is 0 Å². The second-order valence-electron chi connectivity index (χ2n) is 5.43. The van der Waals surface area contributed by atoms with Crippen LogP contribution in [0.15, 0.2) is 24.3 Å². The molecule has 0 fully saturated rings. The van der Waals surface area contributed by atoms with Crippen molar-refractivity contribution in [2.75, 3.05) is 7.05 Å². The van der Waals surface area contributed by atoms with Crippen LogP contribution < -0.4 is 0 Å². The van der Waals surface area contributed by atoms with E-state index < -0.39 is 4.92 Å². The molecule has 2 rings (SSSR count). The van der Waals surface area contributed by atoms with Crippen LogP contribution in [0.5, 0.6) is 0 Å². The molecule has 0 radical (unpaired) electrons. The van der Waals surface area contributed by atoms with Gasteiger partial charge in [-0.2, -0.15) is 5.10 Å². The molecule has 0 aliphatic carbocycles. The van der Waals surface area contributed by atoms with Crippen molar-refractivity contribution in [1.82, 2.24) is 14.7 Å². The van der Waals surface area contributed by atoms with Crippen LogP contribution in [-0.4, -0.2) is 32.6 Å². The second kappa shape index (κ2) is 6.60. The van der Waals surface area contributed by atoms with Gasteiger partial charge in [-0.3, -0.25) is 19.6 Å². The van der Waals surface area contributed by atoms with E-state index in [1.807, 2.05) is 25.5 Å². The summed E-state index contributed by atoms with van der Waals surface area (Å²) in [6.45, 7) is 7.18. The normalized spacial score (nSPS) is 10.6. The zero-order chi connectivity index (χ0) is 17.1. The van der Waals surface area contributed by atoms with Gasteiger partial charge in [-0.1, -0.05) is 0 Å². The Morgan fingerprint density at radius 2 is 1.91 bits per heavy atom. The fourth-order valence-corrected chi connectivity index (χ4v) is 2.53. The van der Waals surface area contributed by atoms with Gasteiger partial charge in [-0.15, -0.1) is 0 Å². The van der Waals surface area contributed by atoms with E-state index in [1.165, 1.54) is 24.3 Å². The van der Waals surface area contributed by atoms with Crippen LogP contribution in [0.4, 0.5) is 5.69 Å². The van der Waals surface area contributed by atoms with Crippen LogP contribution in [0.1, 0.15) is 34.2 Å². The van der Waals surface area contributed by atoms with E-state index >= 15 is 0 Å². The first-order valence-corrected chi connectivity index (χ1v) is 7.38. The number of aryl methyl sites for hydroxylation is 2. The van der Waals surface area contributed by atoms with Gasteiger partial charge < -0.3 is 4.90 Å². The number of non-ortho nitro benzene ring substituents is 1. The molecule has 0 aliphatic heterocycles. The second-order valence-corrected chi connectivity index (χ2v) is 5.43. The lowest BCUT2D eigenvalue weighted by molar-refractivity contribution is -0.384. The van der Waals surface area contributed by atoms with Gasteiger partial charge in [0.2, 0.25) is 0 Å². The number of hydrogen-bond acceptors (Lipinski definition) is 4. The molecule has 0 spiro atoms. The van der Waals surface area contributed by atoms with Gasteiger partial charge in [0.1, 0.15) is 0 Å². The van der Waals surface area contributed by atoms with Gasteiger partial charge in [0.25, 0.3) is 11.6 Å². The molecule has 7 nitrogen and oxygen atoms in total. The third-order valence-electron chi connectivity index (χ3n) is 3.90. The lowest BCUT2D eigenvalue weighted by Crippen LogP contribution is -2.26. The summed E-state index contributed by atoms with van der Waals surface area (Å²) in [4.78, 5) is 24.2. The Kier molecular flexibility index (Phi) is 4.78. The molecule has 2 aromatic rings. The number of rotatable bonds is 5. The molecule has 0 saturated heterocycles. The smallest absolute Gasteiger partial charge is 0.269 e. The topological polar surface area (TPSA) is 81.3 Å². The lowest BCUT2D eigenvalue weighted by atomic mass is 10.1. The van der Waals surface area contributed by atoms with Gasteiger partial charge in [0.05, 0.1) is 10.6 Å². The van der Waals surface area contributed by atoms with Crippen molar-refractivity contribution >= 4 is 11.6 Å². The van der Waals surface area contributed by atoms with Gasteiger partial charge in [0, 0.05) is 49.1 Å². The number of amides is 1. The van der Waals surface area contributed by atoms with Crippen LogP contribution in [-0.2, 0) is 13.1 Å². The maximum absolute atomic E-state index is 12.5. The van der Waals surface area contributed by atoms with Crippen molar-refractivity contribution in [3.63, 3.8) is 0 Å².